The summed E-state index contributed by atoms with van der Waals surface area (Å²) in [5.74, 6) is 0. The predicted molar refractivity (Wildman–Crippen MR) is 61.0 cm³/mol. The van der Waals surface area contributed by atoms with Gasteiger partial charge in [-0.1, -0.05) is 23.2 Å². The van der Waals surface area contributed by atoms with Crippen LogP contribution in [0.1, 0.15) is 26.3 Å². The molecule has 0 aliphatic heterocycles. The van der Waals surface area contributed by atoms with Crippen molar-refractivity contribution in [2.24, 2.45) is 0 Å². The maximum absolute atomic E-state index is 5.86. The van der Waals surface area contributed by atoms with Crippen LogP contribution in [0.25, 0.3) is 0 Å². The highest BCUT2D eigenvalue weighted by Crippen LogP contribution is 2.21. The van der Waals surface area contributed by atoms with Gasteiger partial charge in [0.25, 0.3) is 0 Å². The normalized spacial score (nSPS) is 11.8. The lowest BCUT2D eigenvalue weighted by atomic mass is 10.2. The number of hydrogen-bond donors (Lipinski definition) is 0. The lowest BCUT2D eigenvalue weighted by Gasteiger charge is -2.19. The molecule has 1 nitrogen and oxygen atoms in total. The molecule has 0 N–H and O–H groups in total. The summed E-state index contributed by atoms with van der Waals surface area (Å²) >= 11 is 11.7. The molecule has 0 aliphatic carbocycles. The topological polar surface area (TPSA) is 9.23 Å². The molecule has 0 bridgehead atoms. The Morgan fingerprint density at radius 2 is 1.57 bits per heavy atom. The molecule has 0 aromatic heterocycles. The van der Waals surface area contributed by atoms with Crippen molar-refractivity contribution in [3.8, 4) is 0 Å². The summed E-state index contributed by atoms with van der Waals surface area (Å²) in [6.07, 6.45) is 0. The smallest absolute Gasteiger partial charge is 0.0725 e. The zero-order valence-corrected chi connectivity index (χ0v) is 10.1. The van der Waals surface area contributed by atoms with Crippen molar-refractivity contribution >= 4 is 23.2 Å². The fourth-order valence-corrected chi connectivity index (χ4v) is 1.57. The van der Waals surface area contributed by atoms with Gasteiger partial charge in [-0.2, -0.15) is 0 Å². The van der Waals surface area contributed by atoms with E-state index in [1.165, 1.54) is 0 Å². The maximum Gasteiger partial charge on any atom is 0.0725 e. The average Bonchev–Trinajstić information content (AvgIpc) is 1.97. The van der Waals surface area contributed by atoms with Crippen LogP contribution in [0.5, 0.6) is 0 Å². The Morgan fingerprint density at radius 3 is 2.00 bits per heavy atom. The number of ether oxygens (including phenoxy) is 1. The van der Waals surface area contributed by atoms with Crippen molar-refractivity contribution in [2.45, 2.75) is 33.0 Å². The molecule has 1 aromatic rings. The first kappa shape index (κ1) is 11.8. The second kappa shape index (κ2) is 4.52. The molecule has 0 spiro atoms. The van der Waals surface area contributed by atoms with Gasteiger partial charge >= 0.3 is 0 Å². The molecule has 0 fully saturated rings. The fraction of sp³-hybridized carbons (Fsp3) is 0.455. The van der Waals surface area contributed by atoms with Crippen LogP contribution in [-0.4, -0.2) is 5.60 Å². The van der Waals surface area contributed by atoms with E-state index in [9.17, 15) is 0 Å². The summed E-state index contributed by atoms with van der Waals surface area (Å²) in [7, 11) is 0. The van der Waals surface area contributed by atoms with Gasteiger partial charge in [-0.3, -0.25) is 0 Å². The van der Waals surface area contributed by atoms with Crippen LogP contribution in [0.2, 0.25) is 10.0 Å². The second-order valence-electron chi connectivity index (χ2n) is 4.18. The summed E-state index contributed by atoms with van der Waals surface area (Å²) in [4.78, 5) is 0. The summed E-state index contributed by atoms with van der Waals surface area (Å²) in [6.45, 7) is 6.57. The van der Waals surface area contributed by atoms with E-state index in [-0.39, 0.29) is 5.60 Å². The van der Waals surface area contributed by atoms with Crippen molar-refractivity contribution in [3.63, 3.8) is 0 Å². The minimum Gasteiger partial charge on any atom is -0.371 e. The first-order valence-electron chi connectivity index (χ1n) is 4.46. The fourth-order valence-electron chi connectivity index (χ4n) is 0.994. The highest BCUT2D eigenvalue weighted by atomic mass is 35.5. The zero-order valence-electron chi connectivity index (χ0n) is 8.60. The van der Waals surface area contributed by atoms with Gasteiger partial charge in [-0.25, -0.2) is 0 Å². The third-order valence-corrected chi connectivity index (χ3v) is 2.03. The van der Waals surface area contributed by atoms with E-state index < -0.39 is 0 Å². The van der Waals surface area contributed by atoms with E-state index in [1.54, 1.807) is 6.07 Å². The second-order valence-corrected chi connectivity index (χ2v) is 5.05. The summed E-state index contributed by atoms with van der Waals surface area (Å²) in [5, 5.41) is 1.29. The van der Waals surface area contributed by atoms with E-state index in [0.29, 0.717) is 16.7 Å². The third kappa shape index (κ3) is 4.32. The summed E-state index contributed by atoms with van der Waals surface area (Å²) < 4.78 is 5.61. The van der Waals surface area contributed by atoms with Crippen molar-refractivity contribution in [3.05, 3.63) is 33.8 Å². The van der Waals surface area contributed by atoms with Gasteiger partial charge in [0.15, 0.2) is 0 Å². The maximum atomic E-state index is 5.86. The predicted octanol–water partition coefficient (Wildman–Crippen LogP) is 4.31. The summed E-state index contributed by atoms with van der Waals surface area (Å²) in [5.41, 5.74) is 0.854. The SMILES string of the molecule is CC(C)(C)OCc1cc(Cl)cc(Cl)c1. The minimum absolute atomic E-state index is 0.144. The molecule has 0 aliphatic rings. The Labute approximate surface area is 95.0 Å². The molecule has 0 atom stereocenters. The number of halogens is 2. The molecule has 0 radical (unpaired) electrons. The first-order valence-corrected chi connectivity index (χ1v) is 5.21. The van der Waals surface area contributed by atoms with E-state index >= 15 is 0 Å². The summed E-state index contributed by atoms with van der Waals surface area (Å²) in [6, 6.07) is 5.43. The lowest BCUT2D eigenvalue weighted by molar-refractivity contribution is -0.0149. The molecule has 3 heteroatoms. The van der Waals surface area contributed by atoms with Crippen molar-refractivity contribution in [1.82, 2.24) is 0 Å². The Morgan fingerprint density at radius 1 is 1.07 bits per heavy atom. The number of hydrogen-bond acceptors (Lipinski definition) is 1. The van der Waals surface area contributed by atoms with Gasteiger partial charge in [0.05, 0.1) is 12.2 Å². The molecule has 14 heavy (non-hydrogen) atoms. The molecule has 78 valence electrons. The van der Waals surface area contributed by atoms with Crippen LogP contribution in [0, 0.1) is 0 Å². The van der Waals surface area contributed by atoms with E-state index in [4.69, 9.17) is 27.9 Å². The molecule has 0 amide bonds. The molecule has 1 rings (SSSR count). The largest absolute Gasteiger partial charge is 0.371 e. The molecule has 1 aromatic carbocycles. The number of rotatable bonds is 2. The zero-order chi connectivity index (χ0) is 10.8. The first-order chi connectivity index (χ1) is 6.37. The van der Waals surface area contributed by atoms with E-state index in [1.807, 2.05) is 32.9 Å². The van der Waals surface area contributed by atoms with Crippen LogP contribution in [0.3, 0.4) is 0 Å². The van der Waals surface area contributed by atoms with Gasteiger partial charge in [0, 0.05) is 10.0 Å². The van der Waals surface area contributed by atoms with Gasteiger partial charge < -0.3 is 4.74 Å². The van der Waals surface area contributed by atoms with Gasteiger partial charge in [0.2, 0.25) is 0 Å². The van der Waals surface area contributed by atoms with Crippen LogP contribution in [-0.2, 0) is 11.3 Å². The average molecular weight is 233 g/mol. The minimum atomic E-state index is -0.144. The molecule has 0 heterocycles. The van der Waals surface area contributed by atoms with E-state index in [0.717, 1.165) is 5.56 Å². The van der Waals surface area contributed by atoms with Gasteiger partial charge in [-0.05, 0) is 44.5 Å². The Balaban J connectivity index is 2.68. The Hall–Kier alpha value is -0.240. The lowest BCUT2D eigenvalue weighted by Crippen LogP contribution is -2.18. The van der Waals surface area contributed by atoms with Gasteiger partial charge in [-0.15, -0.1) is 0 Å². The van der Waals surface area contributed by atoms with Crippen LogP contribution in [0.4, 0.5) is 0 Å². The highest BCUT2D eigenvalue weighted by molar-refractivity contribution is 6.34. The van der Waals surface area contributed by atoms with Crippen LogP contribution < -0.4 is 0 Å². The van der Waals surface area contributed by atoms with Crippen molar-refractivity contribution < 1.29 is 4.74 Å². The van der Waals surface area contributed by atoms with E-state index in [2.05, 4.69) is 0 Å². The molecular weight excluding hydrogens is 219 g/mol. The quantitative estimate of drug-likeness (QED) is 0.739. The molecule has 0 unspecified atom stereocenters. The number of benzene rings is 1. The van der Waals surface area contributed by atoms with Crippen molar-refractivity contribution in [1.29, 1.82) is 0 Å². The van der Waals surface area contributed by atoms with Crippen molar-refractivity contribution in [2.75, 3.05) is 0 Å². The van der Waals surface area contributed by atoms with Crippen LogP contribution >= 0.6 is 23.2 Å². The monoisotopic (exact) mass is 232 g/mol. The van der Waals surface area contributed by atoms with Gasteiger partial charge in [0.1, 0.15) is 0 Å². The molecule has 0 saturated heterocycles. The highest BCUT2D eigenvalue weighted by Gasteiger charge is 2.10. The Bertz CT molecular complexity index is 295. The standard InChI is InChI=1S/C11H14Cl2O/c1-11(2,3)14-7-8-4-9(12)6-10(13)5-8/h4-6H,7H2,1-3H3. The molecular formula is C11H14Cl2O. The Kier molecular flexibility index (Phi) is 3.82. The van der Waals surface area contributed by atoms with Crippen LogP contribution in [0.15, 0.2) is 18.2 Å². The third-order valence-electron chi connectivity index (χ3n) is 1.59. The molecule has 0 saturated carbocycles.